The molecule has 2 heterocycles. The van der Waals surface area contributed by atoms with Crippen molar-refractivity contribution in [2.45, 2.75) is 25.9 Å². The zero-order valence-electron chi connectivity index (χ0n) is 17.3. The van der Waals surface area contributed by atoms with Crippen molar-refractivity contribution < 1.29 is 22.7 Å². The van der Waals surface area contributed by atoms with Crippen molar-refractivity contribution in [1.29, 1.82) is 0 Å². The Hall–Kier alpha value is -2.92. The third-order valence-corrected chi connectivity index (χ3v) is 6.43. The first-order valence-electron chi connectivity index (χ1n) is 9.80. The van der Waals surface area contributed by atoms with Crippen molar-refractivity contribution in [3.63, 3.8) is 0 Å². The summed E-state index contributed by atoms with van der Waals surface area (Å²) in [6.45, 7) is -0.894. The van der Waals surface area contributed by atoms with Crippen molar-refractivity contribution in [1.82, 2.24) is 19.7 Å². The molecule has 6 nitrogen and oxygen atoms in total. The van der Waals surface area contributed by atoms with Gasteiger partial charge in [-0.25, -0.2) is 4.79 Å². The van der Waals surface area contributed by atoms with E-state index in [9.17, 15) is 18.0 Å². The second-order valence-corrected chi connectivity index (χ2v) is 9.22. The molecule has 0 radical (unpaired) electrons. The fraction of sp³-hybridized carbons (Fsp3) is 0.227. The van der Waals surface area contributed by atoms with Crippen LogP contribution in [0.3, 0.4) is 0 Å². The molecule has 0 spiro atoms. The molecule has 4 aromatic rings. The minimum absolute atomic E-state index is 0.120. The van der Waals surface area contributed by atoms with E-state index in [1.807, 2.05) is 30.3 Å². The van der Waals surface area contributed by atoms with Gasteiger partial charge in [0.2, 0.25) is 0 Å². The van der Waals surface area contributed by atoms with Crippen LogP contribution in [0.5, 0.6) is 0 Å². The molecule has 0 atom stereocenters. The van der Waals surface area contributed by atoms with Gasteiger partial charge in [-0.15, -0.1) is 10.2 Å². The number of rotatable bonds is 6. The molecule has 33 heavy (non-hydrogen) atoms. The van der Waals surface area contributed by atoms with E-state index in [-0.39, 0.29) is 13.2 Å². The molecule has 172 valence electrons. The van der Waals surface area contributed by atoms with Crippen molar-refractivity contribution in [3.8, 4) is 10.7 Å². The maximum atomic E-state index is 13.3. The zero-order valence-corrected chi connectivity index (χ0v) is 19.7. The predicted octanol–water partition coefficient (Wildman–Crippen LogP) is 6.25. The van der Waals surface area contributed by atoms with Crippen LogP contribution in [0.2, 0.25) is 0 Å². The quantitative estimate of drug-likeness (QED) is 0.291. The number of aromatic nitrogens is 3. The lowest BCUT2D eigenvalue weighted by atomic mass is 10.2. The molecule has 0 unspecified atom stereocenters. The highest BCUT2D eigenvalue weighted by Crippen LogP contribution is 2.36. The van der Waals surface area contributed by atoms with Gasteiger partial charge in [0.05, 0.1) is 17.8 Å². The van der Waals surface area contributed by atoms with Crippen molar-refractivity contribution in [3.05, 3.63) is 69.6 Å². The van der Waals surface area contributed by atoms with E-state index in [1.54, 1.807) is 31.3 Å². The summed E-state index contributed by atoms with van der Waals surface area (Å²) in [5, 5.41) is 9.63. The Morgan fingerprint density at radius 3 is 2.64 bits per heavy atom. The SMILES string of the molecule is CN(Cc1nnc(-c2cc3c(Br)cccc3n2CC(F)(F)F)s1)C(=O)OCc1ccccc1. The molecule has 0 saturated heterocycles. The van der Waals surface area contributed by atoms with Crippen LogP contribution in [0, 0.1) is 0 Å². The lowest BCUT2D eigenvalue weighted by molar-refractivity contribution is -0.139. The first-order chi connectivity index (χ1) is 15.7. The van der Waals surface area contributed by atoms with Crippen molar-refractivity contribution in [2.75, 3.05) is 7.05 Å². The molecular weight excluding hydrogens is 521 g/mol. The monoisotopic (exact) mass is 538 g/mol. The Balaban J connectivity index is 1.52. The number of fused-ring (bicyclic) bond motifs is 1. The minimum Gasteiger partial charge on any atom is -0.445 e. The van der Waals surface area contributed by atoms with Crippen LogP contribution in [0.4, 0.5) is 18.0 Å². The molecule has 0 aliphatic rings. The number of hydrogen-bond acceptors (Lipinski definition) is 5. The minimum atomic E-state index is -4.40. The van der Waals surface area contributed by atoms with Crippen LogP contribution in [0.25, 0.3) is 21.6 Å². The molecule has 2 aromatic heterocycles. The zero-order chi connectivity index (χ0) is 23.6. The molecule has 0 aliphatic heterocycles. The first kappa shape index (κ1) is 23.2. The van der Waals surface area contributed by atoms with E-state index >= 15 is 0 Å². The standard InChI is InChI=1S/C22H18BrF3N4O2S/c1-29(21(31)32-12-14-6-3-2-4-7-14)11-19-27-28-20(33-19)18-10-15-16(23)8-5-9-17(15)30(18)13-22(24,25)26/h2-10H,11-13H2,1H3. The van der Waals surface area contributed by atoms with E-state index < -0.39 is 18.8 Å². The van der Waals surface area contributed by atoms with E-state index in [1.165, 1.54) is 9.47 Å². The van der Waals surface area contributed by atoms with Gasteiger partial charge in [-0.1, -0.05) is 63.7 Å². The molecular formula is C22H18BrF3N4O2S. The summed E-state index contributed by atoms with van der Waals surface area (Å²) in [4.78, 5) is 13.6. The van der Waals surface area contributed by atoms with E-state index in [0.717, 1.165) is 16.9 Å². The Kier molecular flexibility index (Phi) is 6.71. The number of hydrogen-bond donors (Lipinski definition) is 0. The fourth-order valence-corrected chi connectivity index (χ4v) is 4.68. The summed E-state index contributed by atoms with van der Waals surface area (Å²) in [5.74, 6) is 0. The Labute approximate surface area is 199 Å². The molecule has 0 N–H and O–H groups in total. The molecule has 1 amide bonds. The van der Waals surface area contributed by atoms with E-state index in [4.69, 9.17) is 4.74 Å². The maximum absolute atomic E-state index is 13.3. The first-order valence-corrected chi connectivity index (χ1v) is 11.4. The highest BCUT2D eigenvalue weighted by molar-refractivity contribution is 9.10. The molecule has 2 aromatic carbocycles. The van der Waals surface area contributed by atoms with Crippen molar-refractivity contribution in [2.24, 2.45) is 0 Å². The van der Waals surface area contributed by atoms with Gasteiger partial charge in [0.1, 0.15) is 18.2 Å². The van der Waals surface area contributed by atoms with Crippen LogP contribution < -0.4 is 0 Å². The van der Waals surface area contributed by atoms with E-state index in [2.05, 4.69) is 26.1 Å². The molecule has 11 heteroatoms. The van der Waals surface area contributed by atoms with E-state index in [0.29, 0.717) is 31.1 Å². The average molecular weight is 539 g/mol. The number of carbonyl (C=O) groups is 1. The topological polar surface area (TPSA) is 60.2 Å². The lowest BCUT2D eigenvalue weighted by Gasteiger charge is -2.15. The Morgan fingerprint density at radius 2 is 1.91 bits per heavy atom. The second kappa shape index (κ2) is 9.52. The number of halogens is 4. The molecule has 0 aliphatic carbocycles. The average Bonchev–Trinajstić information content (AvgIpc) is 3.37. The third-order valence-electron chi connectivity index (χ3n) is 4.81. The van der Waals surface area contributed by atoms with Crippen LogP contribution in [0.1, 0.15) is 10.6 Å². The van der Waals surface area contributed by atoms with Gasteiger partial charge in [0.25, 0.3) is 0 Å². The maximum Gasteiger partial charge on any atom is 0.410 e. The fourth-order valence-electron chi connectivity index (χ4n) is 3.29. The molecule has 0 bridgehead atoms. The number of amides is 1. The van der Waals surface area contributed by atoms with Crippen LogP contribution >= 0.6 is 27.3 Å². The van der Waals surface area contributed by atoms with Gasteiger partial charge in [-0.2, -0.15) is 13.2 Å². The van der Waals surface area contributed by atoms with Crippen LogP contribution in [0.15, 0.2) is 59.1 Å². The van der Waals surface area contributed by atoms with Gasteiger partial charge < -0.3 is 14.2 Å². The summed E-state index contributed by atoms with van der Waals surface area (Å²) in [5.41, 5.74) is 1.61. The van der Waals surface area contributed by atoms with Gasteiger partial charge in [-0.05, 0) is 23.8 Å². The van der Waals surface area contributed by atoms with Crippen LogP contribution in [-0.2, 0) is 24.4 Å². The second-order valence-electron chi connectivity index (χ2n) is 7.30. The van der Waals surface area contributed by atoms with Gasteiger partial charge >= 0.3 is 12.3 Å². The smallest absolute Gasteiger partial charge is 0.410 e. The number of carbonyl (C=O) groups excluding carboxylic acids is 1. The highest BCUT2D eigenvalue weighted by atomic mass is 79.9. The number of benzene rings is 2. The molecule has 0 saturated carbocycles. The third kappa shape index (κ3) is 5.53. The summed E-state index contributed by atoms with van der Waals surface area (Å²) < 4.78 is 47.0. The number of nitrogens with zero attached hydrogens (tertiary/aromatic N) is 4. The van der Waals surface area contributed by atoms with Crippen LogP contribution in [-0.4, -0.2) is 39.0 Å². The van der Waals surface area contributed by atoms with Crippen molar-refractivity contribution >= 4 is 44.3 Å². The Morgan fingerprint density at radius 1 is 1.15 bits per heavy atom. The van der Waals surface area contributed by atoms with Gasteiger partial charge in [-0.3, -0.25) is 0 Å². The summed E-state index contributed by atoms with van der Waals surface area (Å²) >= 11 is 4.53. The Bertz CT molecular complexity index is 1270. The lowest BCUT2D eigenvalue weighted by Crippen LogP contribution is -2.26. The summed E-state index contributed by atoms with van der Waals surface area (Å²) in [7, 11) is 1.56. The number of alkyl halides is 3. The van der Waals surface area contributed by atoms with Gasteiger partial charge in [0.15, 0.2) is 5.01 Å². The summed E-state index contributed by atoms with van der Waals surface area (Å²) in [6, 6.07) is 16.0. The number of ether oxygens (including phenoxy) is 1. The largest absolute Gasteiger partial charge is 0.445 e. The predicted molar refractivity (Wildman–Crippen MR) is 123 cm³/mol. The normalized spacial score (nSPS) is 11.7. The van der Waals surface area contributed by atoms with Gasteiger partial charge in [0, 0.05) is 16.9 Å². The molecule has 0 fully saturated rings. The summed E-state index contributed by atoms with van der Waals surface area (Å²) in [6.07, 6.45) is -4.94. The highest BCUT2D eigenvalue weighted by Gasteiger charge is 2.31. The molecule has 4 rings (SSSR count).